The van der Waals surface area contributed by atoms with Crippen LogP contribution in [0.1, 0.15) is 16.8 Å². The van der Waals surface area contributed by atoms with Gasteiger partial charge in [0.05, 0.1) is 6.54 Å². The Morgan fingerprint density at radius 1 is 1.37 bits per heavy atom. The van der Waals surface area contributed by atoms with Crippen molar-refractivity contribution in [3.05, 3.63) is 47.5 Å². The van der Waals surface area contributed by atoms with Crippen molar-refractivity contribution in [2.24, 2.45) is 0 Å². The largest absolute Gasteiger partial charge is 0.465 e. The second-order valence-corrected chi connectivity index (χ2v) is 5.30. The van der Waals surface area contributed by atoms with Gasteiger partial charge in [0, 0.05) is 30.1 Å². The number of aromatic nitrogens is 1. The number of rotatable bonds is 3. The Morgan fingerprint density at radius 3 is 2.95 bits per heavy atom. The molecule has 0 spiro atoms. The molecule has 0 saturated carbocycles. The quantitative estimate of drug-likeness (QED) is 0.863. The van der Waals surface area contributed by atoms with Crippen LogP contribution in [0.15, 0.2) is 41.9 Å². The number of benzene rings is 1. The van der Waals surface area contributed by atoms with Crippen molar-refractivity contribution in [1.82, 2.24) is 9.88 Å². The molecule has 0 aliphatic carbocycles. The Hall–Kier alpha value is -1.88. The molecule has 1 saturated heterocycles. The van der Waals surface area contributed by atoms with E-state index in [1.807, 2.05) is 40.6 Å². The standard InChI is InChI=1S/C14H14N2O2S/c17-13(11-4-2-1-3-5-11)16-8-6-12(10-16)18-14-15-7-9-19-14/h1-5,7,9,12H,6,8,10H2. The van der Waals surface area contributed by atoms with Crippen LogP contribution < -0.4 is 4.74 Å². The zero-order chi connectivity index (χ0) is 13.1. The first-order valence-electron chi connectivity index (χ1n) is 6.23. The van der Waals surface area contributed by atoms with Crippen LogP contribution in [-0.2, 0) is 0 Å². The minimum atomic E-state index is 0.0545. The number of carbonyl (C=O) groups is 1. The molecule has 1 atom stereocenters. The molecule has 1 aliphatic heterocycles. The number of amides is 1. The molecule has 2 aromatic rings. The first-order chi connectivity index (χ1) is 9.33. The molecule has 3 rings (SSSR count). The zero-order valence-corrected chi connectivity index (χ0v) is 11.2. The highest BCUT2D eigenvalue weighted by molar-refractivity contribution is 7.11. The maximum absolute atomic E-state index is 12.3. The fraction of sp³-hybridized carbons (Fsp3) is 0.286. The summed E-state index contributed by atoms with van der Waals surface area (Å²) in [5.74, 6) is 0.0749. The minimum Gasteiger partial charge on any atom is -0.465 e. The lowest BCUT2D eigenvalue weighted by atomic mass is 10.2. The molecule has 2 heterocycles. The Labute approximate surface area is 115 Å². The molecule has 0 radical (unpaired) electrons. The van der Waals surface area contributed by atoms with Crippen molar-refractivity contribution >= 4 is 17.2 Å². The van der Waals surface area contributed by atoms with Gasteiger partial charge in [-0.05, 0) is 12.1 Å². The molecule has 19 heavy (non-hydrogen) atoms. The molecule has 5 heteroatoms. The number of thiazole rings is 1. The predicted octanol–water partition coefficient (Wildman–Crippen LogP) is 2.44. The summed E-state index contributed by atoms with van der Waals surface area (Å²) in [5.41, 5.74) is 0.734. The van der Waals surface area contributed by atoms with Crippen LogP contribution in [0.4, 0.5) is 0 Å². The Balaban J connectivity index is 1.61. The molecule has 1 aromatic heterocycles. The lowest BCUT2D eigenvalue weighted by Crippen LogP contribution is -2.30. The van der Waals surface area contributed by atoms with Gasteiger partial charge in [-0.2, -0.15) is 0 Å². The topological polar surface area (TPSA) is 42.4 Å². The van der Waals surface area contributed by atoms with Crippen LogP contribution in [0, 0.1) is 0 Å². The van der Waals surface area contributed by atoms with Gasteiger partial charge in [-0.3, -0.25) is 4.79 Å². The second-order valence-electron chi connectivity index (χ2n) is 4.44. The number of carbonyl (C=O) groups excluding carboxylic acids is 1. The predicted molar refractivity (Wildman–Crippen MR) is 73.5 cm³/mol. The summed E-state index contributed by atoms with van der Waals surface area (Å²) in [5, 5.41) is 2.57. The summed E-state index contributed by atoms with van der Waals surface area (Å²) in [6, 6.07) is 9.36. The van der Waals surface area contributed by atoms with Gasteiger partial charge in [-0.15, -0.1) is 0 Å². The Kier molecular flexibility index (Phi) is 3.46. The minimum absolute atomic E-state index is 0.0545. The average Bonchev–Trinajstić information content (AvgIpc) is 3.11. The van der Waals surface area contributed by atoms with E-state index >= 15 is 0 Å². The number of hydrogen-bond donors (Lipinski definition) is 0. The third-order valence-corrected chi connectivity index (χ3v) is 3.79. The maximum Gasteiger partial charge on any atom is 0.273 e. The molecular weight excluding hydrogens is 260 g/mol. The summed E-state index contributed by atoms with van der Waals surface area (Å²) in [6.07, 6.45) is 2.64. The van der Waals surface area contributed by atoms with E-state index in [-0.39, 0.29) is 12.0 Å². The third-order valence-electron chi connectivity index (χ3n) is 3.13. The van der Waals surface area contributed by atoms with E-state index in [9.17, 15) is 4.79 Å². The molecule has 1 aromatic carbocycles. The van der Waals surface area contributed by atoms with Crippen molar-refractivity contribution in [3.8, 4) is 5.19 Å². The highest BCUT2D eigenvalue weighted by atomic mass is 32.1. The summed E-state index contributed by atoms with van der Waals surface area (Å²) in [4.78, 5) is 18.2. The van der Waals surface area contributed by atoms with Crippen LogP contribution >= 0.6 is 11.3 Å². The molecule has 0 N–H and O–H groups in total. The summed E-state index contributed by atoms with van der Waals surface area (Å²) < 4.78 is 5.75. The molecule has 0 bridgehead atoms. The molecular formula is C14H14N2O2S. The van der Waals surface area contributed by atoms with Crippen molar-refractivity contribution < 1.29 is 9.53 Å². The SMILES string of the molecule is O=C(c1ccccc1)N1CCC(Oc2nccs2)C1. The van der Waals surface area contributed by atoms with Crippen molar-refractivity contribution in [2.75, 3.05) is 13.1 Å². The summed E-state index contributed by atoms with van der Waals surface area (Å²) in [6.45, 7) is 1.37. The summed E-state index contributed by atoms with van der Waals surface area (Å²) in [7, 11) is 0. The smallest absolute Gasteiger partial charge is 0.273 e. The van der Waals surface area contributed by atoms with Gasteiger partial charge in [-0.25, -0.2) is 4.98 Å². The summed E-state index contributed by atoms with van der Waals surface area (Å²) >= 11 is 1.48. The van der Waals surface area contributed by atoms with Gasteiger partial charge in [0.1, 0.15) is 6.10 Å². The van der Waals surface area contributed by atoms with Crippen LogP contribution in [0.5, 0.6) is 5.19 Å². The molecule has 4 nitrogen and oxygen atoms in total. The number of ether oxygens (including phenoxy) is 1. The lowest BCUT2D eigenvalue weighted by Gasteiger charge is -2.16. The average molecular weight is 274 g/mol. The molecule has 98 valence electrons. The van der Waals surface area contributed by atoms with Gasteiger partial charge in [0.2, 0.25) is 0 Å². The Bertz CT molecular complexity index is 542. The molecule has 1 fully saturated rings. The van der Waals surface area contributed by atoms with Gasteiger partial charge in [0.15, 0.2) is 0 Å². The Morgan fingerprint density at radius 2 is 2.21 bits per heavy atom. The second kappa shape index (κ2) is 5.40. The van der Waals surface area contributed by atoms with E-state index in [1.54, 1.807) is 6.20 Å². The highest BCUT2D eigenvalue weighted by Crippen LogP contribution is 2.21. The van der Waals surface area contributed by atoms with Crippen molar-refractivity contribution in [1.29, 1.82) is 0 Å². The van der Waals surface area contributed by atoms with Crippen molar-refractivity contribution in [3.63, 3.8) is 0 Å². The number of nitrogens with zero attached hydrogens (tertiary/aromatic N) is 2. The van der Waals surface area contributed by atoms with Gasteiger partial charge in [-0.1, -0.05) is 29.5 Å². The number of likely N-dealkylation sites (tertiary alicyclic amines) is 1. The van der Waals surface area contributed by atoms with Crippen LogP contribution in [-0.4, -0.2) is 35.0 Å². The highest BCUT2D eigenvalue weighted by Gasteiger charge is 2.28. The third kappa shape index (κ3) is 2.76. The molecule has 1 unspecified atom stereocenters. The van der Waals surface area contributed by atoms with Crippen LogP contribution in [0.3, 0.4) is 0 Å². The zero-order valence-electron chi connectivity index (χ0n) is 10.4. The van der Waals surface area contributed by atoms with Crippen LogP contribution in [0.2, 0.25) is 0 Å². The van der Waals surface area contributed by atoms with Crippen molar-refractivity contribution in [2.45, 2.75) is 12.5 Å². The number of hydrogen-bond acceptors (Lipinski definition) is 4. The first-order valence-corrected chi connectivity index (χ1v) is 7.11. The molecule has 1 aliphatic rings. The maximum atomic E-state index is 12.3. The van der Waals surface area contributed by atoms with Gasteiger partial charge < -0.3 is 9.64 Å². The monoisotopic (exact) mass is 274 g/mol. The van der Waals surface area contributed by atoms with E-state index in [4.69, 9.17) is 4.74 Å². The van der Waals surface area contributed by atoms with E-state index in [0.717, 1.165) is 18.5 Å². The van der Waals surface area contributed by atoms with Gasteiger partial charge in [0.25, 0.3) is 11.1 Å². The fourth-order valence-electron chi connectivity index (χ4n) is 2.18. The van der Waals surface area contributed by atoms with Crippen LogP contribution in [0.25, 0.3) is 0 Å². The van der Waals surface area contributed by atoms with E-state index in [0.29, 0.717) is 11.7 Å². The molecule has 1 amide bonds. The first kappa shape index (κ1) is 12.2. The van der Waals surface area contributed by atoms with Gasteiger partial charge >= 0.3 is 0 Å². The van der Waals surface area contributed by atoms with E-state index in [2.05, 4.69) is 4.98 Å². The fourth-order valence-corrected chi connectivity index (χ4v) is 2.73. The normalized spacial score (nSPS) is 18.5. The lowest BCUT2D eigenvalue weighted by molar-refractivity contribution is 0.0772. The van der Waals surface area contributed by atoms with E-state index < -0.39 is 0 Å². The van der Waals surface area contributed by atoms with E-state index in [1.165, 1.54) is 11.3 Å².